The molecule has 1 aromatic carbocycles. The molecule has 2 N–H and O–H groups in total. The molecular formula is C14H17NOS. The molecule has 0 aliphatic carbocycles. The van der Waals surface area contributed by atoms with Crippen molar-refractivity contribution >= 4 is 11.3 Å². The first-order chi connectivity index (χ1) is 8.35. The Kier molecular flexibility index (Phi) is 4.18. The maximum absolute atomic E-state index is 5.87. The van der Waals surface area contributed by atoms with Gasteiger partial charge in [-0.15, -0.1) is 11.3 Å². The molecule has 1 unspecified atom stereocenters. The van der Waals surface area contributed by atoms with Crippen molar-refractivity contribution < 1.29 is 4.74 Å². The van der Waals surface area contributed by atoms with E-state index in [9.17, 15) is 0 Å². The van der Waals surface area contributed by atoms with Gasteiger partial charge in [-0.3, -0.25) is 0 Å². The first-order valence-electron chi connectivity index (χ1n) is 5.70. The van der Waals surface area contributed by atoms with Crippen LogP contribution in [0.4, 0.5) is 0 Å². The van der Waals surface area contributed by atoms with Crippen LogP contribution >= 0.6 is 11.3 Å². The molecule has 1 aromatic heterocycles. The van der Waals surface area contributed by atoms with Crippen LogP contribution in [-0.4, -0.2) is 13.7 Å². The molecule has 3 heteroatoms. The summed E-state index contributed by atoms with van der Waals surface area (Å²) < 4.78 is 5.37. The van der Waals surface area contributed by atoms with Gasteiger partial charge in [0.2, 0.25) is 0 Å². The first-order valence-corrected chi connectivity index (χ1v) is 6.58. The summed E-state index contributed by atoms with van der Waals surface area (Å²) in [6, 6.07) is 12.4. The highest BCUT2D eigenvalue weighted by molar-refractivity contribution is 7.10. The average molecular weight is 247 g/mol. The number of nitrogens with two attached hydrogens (primary N) is 1. The lowest BCUT2D eigenvalue weighted by Gasteiger charge is -2.15. The summed E-state index contributed by atoms with van der Waals surface area (Å²) in [5.41, 5.74) is 7.09. The molecule has 0 saturated heterocycles. The molecule has 90 valence electrons. The molecule has 2 aromatic rings. The van der Waals surface area contributed by atoms with E-state index in [1.165, 1.54) is 10.4 Å². The lowest BCUT2D eigenvalue weighted by Crippen LogP contribution is -2.14. The topological polar surface area (TPSA) is 35.2 Å². The smallest absolute Gasteiger partial charge is 0.122 e. The van der Waals surface area contributed by atoms with Crippen molar-refractivity contribution in [2.75, 3.05) is 13.7 Å². The Labute approximate surface area is 106 Å². The molecule has 2 rings (SSSR count). The lowest BCUT2D eigenvalue weighted by atomic mass is 9.97. The second-order valence-corrected chi connectivity index (χ2v) is 4.94. The molecule has 1 heterocycles. The summed E-state index contributed by atoms with van der Waals surface area (Å²) in [5, 5.41) is 2.10. The quantitative estimate of drug-likeness (QED) is 0.881. The number of ether oxygens (including phenoxy) is 1. The minimum absolute atomic E-state index is 0.381. The summed E-state index contributed by atoms with van der Waals surface area (Å²) in [7, 11) is 1.71. The predicted molar refractivity (Wildman–Crippen MR) is 72.8 cm³/mol. The van der Waals surface area contributed by atoms with Crippen LogP contribution in [0.3, 0.4) is 0 Å². The number of thiophene rings is 1. The second kappa shape index (κ2) is 5.84. The summed E-state index contributed by atoms with van der Waals surface area (Å²) in [5.74, 6) is 1.33. The minimum atomic E-state index is 0.381. The van der Waals surface area contributed by atoms with Crippen LogP contribution in [0.15, 0.2) is 41.8 Å². The first kappa shape index (κ1) is 12.1. The van der Waals surface area contributed by atoms with E-state index in [4.69, 9.17) is 10.5 Å². The van der Waals surface area contributed by atoms with Gasteiger partial charge in [0.1, 0.15) is 5.75 Å². The Morgan fingerprint density at radius 2 is 2.06 bits per heavy atom. The summed E-state index contributed by atoms with van der Waals surface area (Å²) in [4.78, 5) is 1.35. The molecule has 0 bridgehead atoms. The van der Waals surface area contributed by atoms with Gasteiger partial charge in [-0.25, -0.2) is 0 Å². The Balaban J connectivity index is 2.18. The van der Waals surface area contributed by atoms with Crippen molar-refractivity contribution in [3.63, 3.8) is 0 Å². The number of benzene rings is 1. The van der Waals surface area contributed by atoms with Crippen molar-refractivity contribution in [1.82, 2.24) is 0 Å². The summed E-state index contributed by atoms with van der Waals surface area (Å²) >= 11 is 1.77. The highest BCUT2D eigenvalue weighted by Crippen LogP contribution is 2.28. The average Bonchev–Trinajstić information content (AvgIpc) is 2.90. The van der Waals surface area contributed by atoms with Crippen molar-refractivity contribution in [1.29, 1.82) is 0 Å². The minimum Gasteiger partial charge on any atom is -0.496 e. The molecule has 17 heavy (non-hydrogen) atoms. The third kappa shape index (κ3) is 2.87. The van der Waals surface area contributed by atoms with Gasteiger partial charge < -0.3 is 10.5 Å². The Morgan fingerprint density at radius 1 is 1.24 bits per heavy atom. The van der Waals surface area contributed by atoms with Crippen LogP contribution in [-0.2, 0) is 6.42 Å². The second-order valence-electron chi connectivity index (χ2n) is 3.96. The molecule has 1 atom stereocenters. The highest BCUT2D eigenvalue weighted by Gasteiger charge is 2.13. The molecular weight excluding hydrogens is 230 g/mol. The van der Waals surface area contributed by atoms with E-state index in [-0.39, 0.29) is 0 Å². The predicted octanol–water partition coefficient (Wildman–Crippen LogP) is 3.04. The molecule has 0 spiro atoms. The van der Waals surface area contributed by atoms with Crippen LogP contribution in [0, 0.1) is 0 Å². The molecule has 0 aliphatic heterocycles. The number of methoxy groups -OCH3 is 1. The Bertz CT molecular complexity index is 453. The van der Waals surface area contributed by atoms with E-state index in [2.05, 4.69) is 23.6 Å². The number of hydrogen-bond donors (Lipinski definition) is 1. The molecule has 0 radical (unpaired) electrons. The van der Waals surface area contributed by atoms with Crippen molar-refractivity contribution in [3.05, 3.63) is 52.2 Å². The van der Waals surface area contributed by atoms with E-state index in [0.29, 0.717) is 12.5 Å². The van der Waals surface area contributed by atoms with E-state index < -0.39 is 0 Å². The van der Waals surface area contributed by atoms with Gasteiger partial charge in [0.05, 0.1) is 7.11 Å². The zero-order chi connectivity index (χ0) is 12.1. The Morgan fingerprint density at radius 3 is 2.71 bits per heavy atom. The summed E-state index contributed by atoms with van der Waals surface area (Å²) in [6.07, 6.45) is 0.932. The lowest BCUT2D eigenvalue weighted by molar-refractivity contribution is 0.408. The zero-order valence-electron chi connectivity index (χ0n) is 9.93. The third-order valence-corrected chi connectivity index (χ3v) is 3.92. The Hall–Kier alpha value is -1.32. The van der Waals surface area contributed by atoms with E-state index in [1.807, 2.05) is 18.2 Å². The van der Waals surface area contributed by atoms with Gasteiger partial charge in [0, 0.05) is 17.3 Å². The van der Waals surface area contributed by atoms with E-state index >= 15 is 0 Å². The third-order valence-electron chi connectivity index (χ3n) is 2.89. The molecule has 0 fully saturated rings. The number of rotatable bonds is 5. The monoisotopic (exact) mass is 247 g/mol. The van der Waals surface area contributed by atoms with E-state index in [1.54, 1.807) is 18.4 Å². The van der Waals surface area contributed by atoms with Crippen molar-refractivity contribution in [2.24, 2.45) is 5.73 Å². The van der Waals surface area contributed by atoms with Gasteiger partial charge in [0.25, 0.3) is 0 Å². The molecule has 0 aliphatic rings. The fraction of sp³-hybridized carbons (Fsp3) is 0.286. The van der Waals surface area contributed by atoms with Crippen LogP contribution in [0.5, 0.6) is 5.75 Å². The van der Waals surface area contributed by atoms with Gasteiger partial charge in [0.15, 0.2) is 0 Å². The van der Waals surface area contributed by atoms with Crippen molar-refractivity contribution in [2.45, 2.75) is 12.3 Å². The zero-order valence-corrected chi connectivity index (χ0v) is 10.7. The molecule has 2 nitrogen and oxygen atoms in total. The number of para-hydroxylation sites is 1. The maximum Gasteiger partial charge on any atom is 0.122 e. The van der Waals surface area contributed by atoms with Crippen molar-refractivity contribution in [3.8, 4) is 5.75 Å². The summed E-state index contributed by atoms with van der Waals surface area (Å²) in [6.45, 7) is 0.665. The van der Waals surface area contributed by atoms with E-state index in [0.717, 1.165) is 12.2 Å². The normalized spacial score (nSPS) is 12.4. The molecule has 0 saturated carbocycles. The van der Waals surface area contributed by atoms with Gasteiger partial charge in [-0.1, -0.05) is 24.3 Å². The van der Waals surface area contributed by atoms with Gasteiger partial charge >= 0.3 is 0 Å². The van der Waals surface area contributed by atoms with Gasteiger partial charge in [-0.2, -0.15) is 0 Å². The van der Waals surface area contributed by atoms with Crippen LogP contribution in [0.25, 0.3) is 0 Å². The fourth-order valence-electron chi connectivity index (χ4n) is 1.96. The van der Waals surface area contributed by atoms with Crippen LogP contribution in [0.2, 0.25) is 0 Å². The maximum atomic E-state index is 5.87. The van der Waals surface area contributed by atoms with Crippen LogP contribution in [0.1, 0.15) is 16.4 Å². The molecule has 0 amide bonds. The largest absolute Gasteiger partial charge is 0.496 e. The van der Waals surface area contributed by atoms with Gasteiger partial charge in [-0.05, 0) is 29.5 Å². The number of hydrogen-bond acceptors (Lipinski definition) is 3. The standard InChI is InChI=1S/C14H17NOS/c1-16-13-6-3-2-5-11(13)9-12(10-15)14-7-4-8-17-14/h2-8,12H,9-10,15H2,1H3. The SMILES string of the molecule is COc1ccccc1CC(CN)c1cccs1. The fourth-order valence-corrected chi connectivity index (χ4v) is 2.80. The van der Waals surface area contributed by atoms with Crippen LogP contribution < -0.4 is 10.5 Å². The highest BCUT2D eigenvalue weighted by atomic mass is 32.1.